The lowest BCUT2D eigenvalue weighted by Crippen LogP contribution is -2.05. The second-order valence-electron chi connectivity index (χ2n) is 4.20. The summed E-state index contributed by atoms with van der Waals surface area (Å²) < 4.78 is 38.7. The van der Waals surface area contributed by atoms with E-state index in [4.69, 9.17) is 0 Å². The third kappa shape index (κ3) is 3.08. The standard InChI is InChI=1S/C14H9F3N2S2/c15-14(16,17)9-3-4-11(19-13-18-5-7-21-13)10(8-9)12-2-1-6-20-12/h1-8H,(H,18,19). The maximum Gasteiger partial charge on any atom is 0.416 e. The molecule has 0 radical (unpaired) electrons. The van der Waals surface area contributed by atoms with Crippen LogP contribution >= 0.6 is 22.7 Å². The molecule has 2 heterocycles. The van der Waals surface area contributed by atoms with Crippen LogP contribution in [-0.4, -0.2) is 4.98 Å². The van der Waals surface area contributed by atoms with Crippen LogP contribution in [0.3, 0.4) is 0 Å². The molecule has 1 aromatic carbocycles. The second-order valence-corrected chi connectivity index (χ2v) is 6.04. The molecule has 0 aliphatic heterocycles. The van der Waals surface area contributed by atoms with E-state index < -0.39 is 11.7 Å². The van der Waals surface area contributed by atoms with Gasteiger partial charge >= 0.3 is 6.18 Å². The maximum absolute atomic E-state index is 12.9. The molecule has 0 saturated heterocycles. The van der Waals surface area contributed by atoms with Crippen molar-refractivity contribution >= 4 is 33.5 Å². The summed E-state index contributed by atoms with van der Waals surface area (Å²) in [6, 6.07) is 7.30. The minimum atomic E-state index is -4.36. The normalized spacial score (nSPS) is 11.6. The Bertz CT molecular complexity index is 719. The number of aromatic nitrogens is 1. The molecule has 0 bridgehead atoms. The number of nitrogens with zero attached hydrogens (tertiary/aromatic N) is 1. The molecule has 3 aromatic rings. The fourth-order valence-electron chi connectivity index (χ4n) is 1.87. The average Bonchev–Trinajstić information content (AvgIpc) is 3.10. The lowest BCUT2D eigenvalue weighted by Gasteiger charge is -2.13. The number of nitrogens with one attached hydrogen (secondary N) is 1. The Morgan fingerprint density at radius 2 is 1.90 bits per heavy atom. The SMILES string of the molecule is FC(F)(F)c1ccc(Nc2nccs2)c(-c2cccs2)c1. The predicted octanol–water partition coefficient (Wildman–Crippen LogP) is 5.63. The van der Waals surface area contributed by atoms with Crippen molar-refractivity contribution in [3.05, 3.63) is 52.9 Å². The molecule has 0 fully saturated rings. The Morgan fingerprint density at radius 1 is 1.05 bits per heavy atom. The predicted molar refractivity (Wildman–Crippen MR) is 80.2 cm³/mol. The quantitative estimate of drug-likeness (QED) is 0.674. The summed E-state index contributed by atoms with van der Waals surface area (Å²) in [6.45, 7) is 0. The molecule has 3 rings (SSSR count). The van der Waals surface area contributed by atoms with Crippen molar-refractivity contribution in [1.82, 2.24) is 4.98 Å². The summed E-state index contributed by atoms with van der Waals surface area (Å²) in [5, 5.41) is 7.35. The number of anilines is 2. The molecule has 108 valence electrons. The number of thiazole rings is 1. The van der Waals surface area contributed by atoms with E-state index in [1.165, 1.54) is 34.8 Å². The van der Waals surface area contributed by atoms with Gasteiger partial charge in [-0.05, 0) is 29.6 Å². The Hall–Kier alpha value is -1.86. The van der Waals surface area contributed by atoms with Gasteiger partial charge in [0.25, 0.3) is 0 Å². The molecule has 7 heteroatoms. The molecule has 0 saturated carbocycles. The summed E-state index contributed by atoms with van der Waals surface area (Å²) in [5.41, 5.74) is 0.478. The molecule has 0 aliphatic carbocycles. The highest BCUT2D eigenvalue weighted by atomic mass is 32.1. The Balaban J connectivity index is 2.07. The number of hydrogen-bond donors (Lipinski definition) is 1. The van der Waals surface area contributed by atoms with Crippen molar-refractivity contribution in [3.63, 3.8) is 0 Å². The van der Waals surface area contributed by atoms with E-state index in [1.807, 2.05) is 11.4 Å². The van der Waals surface area contributed by atoms with Gasteiger partial charge in [-0.2, -0.15) is 13.2 Å². The van der Waals surface area contributed by atoms with Crippen molar-refractivity contribution < 1.29 is 13.2 Å². The largest absolute Gasteiger partial charge is 0.416 e. The van der Waals surface area contributed by atoms with Crippen molar-refractivity contribution in [3.8, 4) is 10.4 Å². The number of alkyl halides is 3. The summed E-state index contributed by atoms with van der Waals surface area (Å²) in [6.07, 6.45) is -2.71. The third-order valence-electron chi connectivity index (χ3n) is 2.81. The zero-order valence-corrected chi connectivity index (χ0v) is 12.1. The van der Waals surface area contributed by atoms with Gasteiger partial charge in [0.2, 0.25) is 0 Å². The number of halogens is 3. The minimum absolute atomic E-state index is 0.523. The lowest BCUT2D eigenvalue weighted by molar-refractivity contribution is -0.137. The van der Waals surface area contributed by atoms with Crippen LogP contribution in [0.25, 0.3) is 10.4 Å². The van der Waals surface area contributed by atoms with Gasteiger partial charge in [0.1, 0.15) is 0 Å². The van der Waals surface area contributed by atoms with Crippen molar-refractivity contribution in [2.45, 2.75) is 6.18 Å². The van der Waals surface area contributed by atoms with Gasteiger partial charge in [0.15, 0.2) is 5.13 Å². The van der Waals surface area contributed by atoms with Crippen LogP contribution < -0.4 is 5.32 Å². The van der Waals surface area contributed by atoms with E-state index in [2.05, 4.69) is 10.3 Å². The smallest absolute Gasteiger partial charge is 0.331 e. The molecule has 0 spiro atoms. The first-order valence-corrected chi connectivity index (χ1v) is 7.71. The summed E-state index contributed by atoms with van der Waals surface area (Å²) in [4.78, 5) is 4.87. The van der Waals surface area contributed by atoms with Crippen molar-refractivity contribution in [2.75, 3.05) is 5.32 Å². The average molecular weight is 326 g/mol. The molecule has 1 N–H and O–H groups in total. The minimum Gasteiger partial charge on any atom is -0.331 e. The highest BCUT2D eigenvalue weighted by molar-refractivity contribution is 7.14. The molecular formula is C14H9F3N2S2. The Kier molecular flexibility index (Phi) is 3.69. The molecule has 0 aliphatic rings. The van der Waals surface area contributed by atoms with Crippen LogP contribution in [0.2, 0.25) is 0 Å². The fourth-order valence-corrected chi connectivity index (χ4v) is 3.16. The number of hydrogen-bond acceptors (Lipinski definition) is 4. The van der Waals surface area contributed by atoms with Gasteiger partial charge in [0.05, 0.1) is 5.56 Å². The highest BCUT2D eigenvalue weighted by Gasteiger charge is 2.31. The van der Waals surface area contributed by atoms with E-state index in [9.17, 15) is 13.2 Å². The van der Waals surface area contributed by atoms with Gasteiger partial charge in [-0.15, -0.1) is 22.7 Å². The summed E-state index contributed by atoms with van der Waals surface area (Å²) in [7, 11) is 0. The zero-order chi connectivity index (χ0) is 14.9. The summed E-state index contributed by atoms with van der Waals surface area (Å²) >= 11 is 2.79. The van der Waals surface area contributed by atoms with Gasteiger partial charge in [0, 0.05) is 27.7 Å². The second kappa shape index (κ2) is 5.50. The monoisotopic (exact) mass is 326 g/mol. The van der Waals surface area contributed by atoms with Crippen LogP contribution in [0, 0.1) is 0 Å². The third-order valence-corrected chi connectivity index (χ3v) is 4.40. The van der Waals surface area contributed by atoms with E-state index >= 15 is 0 Å². The van der Waals surface area contributed by atoms with Gasteiger partial charge in [-0.3, -0.25) is 0 Å². The van der Waals surface area contributed by atoms with Crippen molar-refractivity contribution in [2.24, 2.45) is 0 Å². The topological polar surface area (TPSA) is 24.9 Å². The number of thiophene rings is 1. The van der Waals surface area contributed by atoms with Gasteiger partial charge < -0.3 is 5.32 Å². The van der Waals surface area contributed by atoms with Crippen molar-refractivity contribution in [1.29, 1.82) is 0 Å². The Morgan fingerprint density at radius 3 is 2.52 bits per heavy atom. The Labute approximate surface area is 126 Å². The molecule has 2 nitrogen and oxygen atoms in total. The van der Waals surface area contributed by atoms with Gasteiger partial charge in [-0.25, -0.2) is 4.98 Å². The first-order valence-electron chi connectivity index (χ1n) is 5.96. The first kappa shape index (κ1) is 14.1. The number of benzene rings is 1. The molecule has 2 aromatic heterocycles. The highest BCUT2D eigenvalue weighted by Crippen LogP contribution is 2.38. The van der Waals surface area contributed by atoms with Gasteiger partial charge in [-0.1, -0.05) is 6.07 Å². The van der Waals surface area contributed by atoms with E-state index in [1.54, 1.807) is 17.6 Å². The molecule has 0 atom stereocenters. The van der Waals surface area contributed by atoms with Crippen LogP contribution in [-0.2, 0) is 6.18 Å². The fraction of sp³-hybridized carbons (Fsp3) is 0.0714. The summed E-state index contributed by atoms with van der Waals surface area (Å²) in [5.74, 6) is 0. The molecule has 21 heavy (non-hydrogen) atoms. The van der Waals surface area contributed by atoms with E-state index in [-0.39, 0.29) is 0 Å². The molecule has 0 unspecified atom stereocenters. The van der Waals surface area contributed by atoms with Crippen LogP contribution in [0.4, 0.5) is 24.0 Å². The van der Waals surface area contributed by atoms with Crippen LogP contribution in [0.5, 0.6) is 0 Å². The van der Waals surface area contributed by atoms with E-state index in [0.29, 0.717) is 16.4 Å². The lowest BCUT2D eigenvalue weighted by atomic mass is 10.1. The molecule has 0 amide bonds. The zero-order valence-electron chi connectivity index (χ0n) is 10.5. The van der Waals surface area contributed by atoms with Crippen LogP contribution in [0.1, 0.15) is 5.56 Å². The molecular weight excluding hydrogens is 317 g/mol. The van der Waals surface area contributed by atoms with E-state index in [0.717, 1.165) is 10.9 Å². The number of rotatable bonds is 3. The maximum atomic E-state index is 12.9. The first-order chi connectivity index (χ1) is 10.0. The van der Waals surface area contributed by atoms with Crippen LogP contribution in [0.15, 0.2) is 47.3 Å².